The van der Waals surface area contributed by atoms with E-state index in [1.54, 1.807) is 13.3 Å². The van der Waals surface area contributed by atoms with Crippen LogP contribution >= 0.6 is 15.9 Å². The van der Waals surface area contributed by atoms with Crippen LogP contribution in [-0.4, -0.2) is 43.7 Å². The summed E-state index contributed by atoms with van der Waals surface area (Å²) in [5, 5.41) is 6.90. The number of hydrogen-bond acceptors (Lipinski definition) is 4. The first-order chi connectivity index (χ1) is 13.2. The molecule has 1 aromatic heterocycles. The number of aliphatic imine (C=N–C) groups is 1. The average molecular weight is 432 g/mol. The maximum atomic E-state index is 5.10. The molecule has 2 N–H and O–H groups in total. The van der Waals surface area contributed by atoms with Gasteiger partial charge in [0, 0.05) is 48.1 Å². The van der Waals surface area contributed by atoms with Gasteiger partial charge in [0.25, 0.3) is 0 Å². The number of nitrogens with zero attached hydrogens (tertiary/aromatic N) is 3. The molecule has 1 fully saturated rings. The van der Waals surface area contributed by atoms with Crippen molar-refractivity contribution in [3.05, 3.63) is 52.6 Å². The van der Waals surface area contributed by atoms with Crippen molar-refractivity contribution in [2.24, 2.45) is 4.99 Å². The van der Waals surface area contributed by atoms with E-state index in [-0.39, 0.29) is 0 Å². The summed E-state index contributed by atoms with van der Waals surface area (Å²) in [5.41, 5.74) is 2.31. The number of hydrogen-bond donors (Lipinski definition) is 2. The number of guanidine groups is 1. The number of nitrogens with one attached hydrogen (secondary N) is 2. The van der Waals surface area contributed by atoms with Gasteiger partial charge in [0.2, 0.25) is 5.88 Å². The van der Waals surface area contributed by atoms with Gasteiger partial charge in [-0.05, 0) is 43.2 Å². The molecule has 6 nitrogen and oxygen atoms in total. The zero-order valence-corrected chi connectivity index (χ0v) is 17.4. The van der Waals surface area contributed by atoms with E-state index in [0.717, 1.165) is 42.1 Å². The Hall–Kier alpha value is -2.28. The summed E-state index contributed by atoms with van der Waals surface area (Å²) >= 11 is 3.49. The van der Waals surface area contributed by atoms with E-state index >= 15 is 0 Å². The third-order valence-corrected chi connectivity index (χ3v) is 5.02. The summed E-state index contributed by atoms with van der Waals surface area (Å²) in [6.45, 7) is 5.50. The molecule has 0 radical (unpaired) electrons. The fourth-order valence-electron chi connectivity index (χ4n) is 3.07. The zero-order chi connectivity index (χ0) is 19.1. The van der Waals surface area contributed by atoms with Crippen LogP contribution in [0.3, 0.4) is 0 Å². The second kappa shape index (κ2) is 9.60. The maximum Gasteiger partial charge on any atom is 0.212 e. The van der Waals surface area contributed by atoms with Crippen molar-refractivity contribution < 1.29 is 4.74 Å². The molecule has 27 heavy (non-hydrogen) atoms. The molecule has 1 aliphatic rings. The lowest BCUT2D eigenvalue weighted by Gasteiger charge is -2.20. The van der Waals surface area contributed by atoms with Gasteiger partial charge in [0.1, 0.15) is 0 Å². The van der Waals surface area contributed by atoms with Crippen LogP contribution in [0, 0.1) is 0 Å². The molecular formula is C20H26BrN5O. The molecule has 1 aliphatic heterocycles. The first-order valence-electron chi connectivity index (χ1n) is 9.22. The van der Waals surface area contributed by atoms with Crippen molar-refractivity contribution in [2.45, 2.75) is 25.9 Å². The second-order valence-corrected chi connectivity index (χ2v) is 7.37. The van der Waals surface area contributed by atoms with Gasteiger partial charge in [0.15, 0.2) is 5.96 Å². The van der Waals surface area contributed by atoms with Gasteiger partial charge >= 0.3 is 0 Å². The molecule has 3 rings (SSSR count). The van der Waals surface area contributed by atoms with Crippen LogP contribution in [0.25, 0.3) is 0 Å². The van der Waals surface area contributed by atoms with Crippen LogP contribution in [-0.2, 0) is 6.54 Å². The molecule has 2 heterocycles. The summed E-state index contributed by atoms with van der Waals surface area (Å²) < 4.78 is 6.20. The molecular weight excluding hydrogens is 406 g/mol. The van der Waals surface area contributed by atoms with E-state index in [1.165, 1.54) is 5.69 Å². The number of methoxy groups -OCH3 is 1. The fourth-order valence-corrected chi connectivity index (χ4v) is 3.34. The second-order valence-electron chi connectivity index (χ2n) is 6.46. The van der Waals surface area contributed by atoms with Crippen molar-refractivity contribution in [1.29, 1.82) is 0 Å². The number of ether oxygens (including phenoxy) is 1. The van der Waals surface area contributed by atoms with E-state index < -0.39 is 0 Å². The lowest BCUT2D eigenvalue weighted by molar-refractivity contribution is 0.397. The van der Waals surface area contributed by atoms with Gasteiger partial charge in [-0.1, -0.05) is 22.0 Å². The first kappa shape index (κ1) is 19.5. The Morgan fingerprint density at radius 3 is 2.78 bits per heavy atom. The Balaban J connectivity index is 1.57. The molecule has 0 saturated carbocycles. The van der Waals surface area contributed by atoms with Crippen molar-refractivity contribution in [2.75, 3.05) is 31.6 Å². The van der Waals surface area contributed by atoms with Crippen molar-refractivity contribution in [3.8, 4) is 5.88 Å². The minimum atomic E-state index is 0.375. The van der Waals surface area contributed by atoms with Crippen molar-refractivity contribution >= 4 is 27.6 Å². The smallest absolute Gasteiger partial charge is 0.212 e. The van der Waals surface area contributed by atoms with Gasteiger partial charge in [-0.2, -0.15) is 0 Å². The Kier molecular flexibility index (Phi) is 6.92. The Labute approximate surface area is 169 Å². The molecule has 0 bridgehead atoms. The third-order valence-electron chi connectivity index (χ3n) is 4.49. The molecule has 1 atom stereocenters. The molecule has 0 amide bonds. The number of rotatable bonds is 6. The van der Waals surface area contributed by atoms with Gasteiger partial charge in [-0.25, -0.2) is 9.98 Å². The van der Waals surface area contributed by atoms with Gasteiger partial charge in [-0.3, -0.25) is 0 Å². The van der Waals surface area contributed by atoms with Crippen molar-refractivity contribution in [3.63, 3.8) is 0 Å². The molecule has 0 spiro atoms. The highest BCUT2D eigenvalue weighted by molar-refractivity contribution is 9.10. The number of aromatic nitrogens is 1. The highest BCUT2D eigenvalue weighted by Crippen LogP contribution is 2.22. The van der Waals surface area contributed by atoms with Gasteiger partial charge < -0.3 is 20.3 Å². The zero-order valence-electron chi connectivity index (χ0n) is 15.8. The van der Waals surface area contributed by atoms with E-state index in [4.69, 9.17) is 9.73 Å². The van der Waals surface area contributed by atoms with Crippen LogP contribution in [0.2, 0.25) is 0 Å². The molecule has 1 unspecified atom stereocenters. The van der Waals surface area contributed by atoms with E-state index in [0.29, 0.717) is 18.5 Å². The van der Waals surface area contributed by atoms with E-state index in [9.17, 15) is 0 Å². The number of anilines is 1. The highest BCUT2D eigenvalue weighted by Gasteiger charge is 2.23. The van der Waals surface area contributed by atoms with E-state index in [2.05, 4.69) is 67.6 Å². The van der Waals surface area contributed by atoms with Gasteiger partial charge in [0.05, 0.1) is 13.7 Å². The lowest BCUT2D eigenvalue weighted by atomic mass is 10.2. The SMILES string of the molecule is CCNC(=NCc1ccc(OC)nc1)NC1CCN(c2ccc(Br)cc2)C1. The monoisotopic (exact) mass is 431 g/mol. The minimum Gasteiger partial charge on any atom is -0.481 e. The van der Waals surface area contributed by atoms with Crippen molar-refractivity contribution in [1.82, 2.24) is 15.6 Å². The minimum absolute atomic E-state index is 0.375. The predicted octanol–water partition coefficient (Wildman–Crippen LogP) is 3.19. The summed E-state index contributed by atoms with van der Waals surface area (Å²) in [7, 11) is 1.62. The van der Waals surface area contributed by atoms with Crippen LogP contribution in [0.5, 0.6) is 5.88 Å². The largest absolute Gasteiger partial charge is 0.481 e. The highest BCUT2D eigenvalue weighted by atomic mass is 79.9. The standard InChI is InChI=1S/C20H26BrN5O/c1-3-22-20(24-13-15-4-9-19(27-2)23-12-15)25-17-10-11-26(14-17)18-7-5-16(21)6-8-18/h4-9,12,17H,3,10-11,13-14H2,1-2H3,(H2,22,24,25). The van der Waals surface area contributed by atoms with E-state index in [1.807, 2.05) is 12.1 Å². The number of pyridine rings is 1. The average Bonchev–Trinajstić information content (AvgIpc) is 3.16. The van der Waals surface area contributed by atoms with Crippen LogP contribution in [0.1, 0.15) is 18.9 Å². The molecule has 0 aliphatic carbocycles. The lowest BCUT2D eigenvalue weighted by Crippen LogP contribution is -2.44. The quantitative estimate of drug-likeness (QED) is 0.543. The number of halogens is 1. The predicted molar refractivity (Wildman–Crippen MR) is 114 cm³/mol. The van der Waals surface area contributed by atoms with Crippen LogP contribution in [0.4, 0.5) is 5.69 Å². The molecule has 2 aromatic rings. The molecule has 1 aromatic carbocycles. The molecule has 7 heteroatoms. The summed E-state index contributed by atoms with van der Waals surface area (Å²) in [6.07, 6.45) is 2.89. The summed E-state index contributed by atoms with van der Waals surface area (Å²) in [5.74, 6) is 1.46. The summed E-state index contributed by atoms with van der Waals surface area (Å²) in [4.78, 5) is 11.3. The van der Waals surface area contributed by atoms with Gasteiger partial charge in [-0.15, -0.1) is 0 Å². The van der Waals surface area contributed by atoms with Crippen LogP contribution < -0.4 is 20.3 Å². The first-order valence-corrected chi connectivity index (χ1v) is 10.0. The summed E-state index contributed by atoms with van der Waals surface area (Å²) in [6, 6.07) is 12.7. The maximum absolute atomic E-state index is 5.10. The Morgan fingerprint density at radius 1 is 1.30 bits per heavy atom. The molecule has 1 saturated heterocycles. The number of benzene rings is 1. The normalized spacial score (nSPS) is 17.1. The molecule has 144 valence electrons. The third kappa shape index (κ3) is 5.60. The fraction of sp³-hybridized carbons (Fsp3) is 0.400. The van der Waals surface area contributed by atoms with Crippen LogP contribution in [0.15, 0.2) is 52.1 Å². The Morgan fingerprint density at radius 2 is 2.11 bits per heavy atom. The Bertz CT molecular complexity index is 748. The topological polar surface area (TPSA) is 61.8 Å².